The quantitative estimate of drug-likeness (QED) is 0.285. The average Bonchev–Trinajstić information content (AvgIpc) is 2.32. The van der Waals surface area contributed by atoms with Crippen molar-refractivity contribution >= 4 is 46.9 Å². The molecule has 0 saturated heterocycles. The molecule has 0 amide bonds. The van der Waals surface area contributed by atoms with Gasteiger partial charge in [0.25, 0.3) is 0 Å². The summed E-state index contributed by atoms with van der Waals surface area (Å²) < 4.78 is 7.97. The van der Waals surface area contributed by atoms with Crippen LogP contribution in [-0.2, 0) is 9.53 Å². The second-order valence-corrected chi connectivity index (χ2v) is 21.4. The number of carbonyl (C=O) groups is 1. The molecule has 0 bridgehead atoms. The zero-order valence-corrected chi connectivity index (χ0v) is 18.1. The van der Waals surface area contributed by atoms with E-state index in [1.807, 2.05) is 13.8 Å². The number of ether oxygens (including phenoxy) is 1. The fourth-order valence-electron chi connectivity index (χ4n) is 2.23. The van der Waals surface area contributed by atoms with Crippen LogP contribution in [0.25, 0.3) is 0 Å². The van der Waals surface area contributed by atoms with Crippen molar-refractivity contribution < 1.29 is 9.53 Å². The molecule has 4 heteroatoms. The fourth-order valence-corrected chi connectivity index (χ4v) is 8.74. The Hall–Kier alpha value is 0.479. The SMILES string of the molecule is C/C=C(/I)CCC(C(=O)OCC)/[C](=C\C)[Sn]([CH3])([CH3])[CH3]. The number of rotatable bonds is 7. The summed E-state index contributed by atoms with van der Waals surface area (Å²) in [5.41, 5.74) is 0. The van der Waals surface area contributed by atoms with E-state index in [9.17, 15) is 4.79 Å². The van der Waals surface area contributed by atoms with E-state index in [1.165, 1.54) is 7.17 Å². The molecule has 19 heavy (non-hydrogen) atoms. The third kappa shape index (κ3) is 7.16. The van der Waals surface area contributed by atoms with Crippen LogP contribution >= 0.6 is 22.6 Å². The van der Waals surface area contributed by atoms with E-state index in [2.05, 4.69) is 56.5 Å². The zero-order chi connectivity index (χ0) is 15.1. The average molecular weight is 485 g/mol. The summed E-state index contributed by atoms with van der Waals surface area (Å²) in [7, 11) is 0. The first kappa shape index (κ1) is 19.5. The first-order valence-electron chi connectivity index (χ1n) is 6.91. The summed E-state index contributed by atoms with van der Waals surface area (Å²) in [5.74, 6) is -0.0759. The van der Waals surface area contributed by atoms with E-state index in [-0.39, 0.29) is 11.9 Å². The van der Waals surface area contributed by atoms with Gasteiger partial charge in [0, 0.05) is 0 Å². The molecule has 0 aliphatic heterocycles. The van der Waals surface area contributed by atoms with E-state index < -0.39 is 18.4 Å². The Morgan fingerprint density at radius 1 is 1.26 bits per heavy atom. The molecule has 0 aromatic carbocycles. The molecule has 0 rings (SSSR count). The normalized spacial score (nSPS) is 15.3. The molecule has 110 valence electrons. The number of hydrogen-bond acceptors (Lipinski definition) is 2. The monoisotopic (exact) mass is 486 g/mol. The van der Waals surface area contributed by atoms with Crippen molar-refractivity contribution in [3.8, 4) is 0 Å². The number of allylic oxidation sites excluding steroid dienone is 3. The van der Waals surface area contributed by atoms with Gasteiger partial charge in [0.15, 0.2) is 0 Å². The molecule has 0 N–H and O–H groups in total. The minimum atomic E-state index is -2.24. The van der Waals surface area contributed by atoms with Gasteiger partial charge in [-0.25, -0.2) is 0 Å². The third-order valence-corrected chi connectivity index (χ3v) is 11.0. The fraction of sp³-hybridized carbons (Fsp3) is 0.667. The van der Waals surface area contributed by atoms with Crippen molar-refractivity contribution in [1.82, 2.24) is 0 Å². The standard InChI is InChI=1S/C12H18IO2.3CH3.Sn/c1-4-7-10(12(14)15-6-3)8-9-11(13)5-2;;;;/h4-5,10H,6,8-9H2,1-3H3;3*1H3;/b7-4?,11-5+;;;;. The van der Waals surface area contributed by atoms with Crippen molar-refractivity contribution in [3.05, 3.63) is 19.3 Å². The molecular weight excluding hydrogens is 458 g/mol. The molecular formula is C15H27IO2Sn. The molecule has 0 spiro atoms. The van der Waals surface area contributed by atoms with Crippen LogP contribution in [0.1, 0.15) is 33.6 Å². The maximum absolute atomic E-state index is 12.2. The Morgan fingerprint density at radius 2 is 1.84 bits per heavy atom. The van der Waals surface area contributed by atoms with Crippen LogP contribution in [0.15, 0.2) is 19.3 Å². The van der Waals surface area contributed by atoms with Crippen LogP contribution in [0.2, 0.25) is 14.8 Å². The Bertz CT molecular complexity index is 354. The summed E-state index contributed by atoms with van der Waals surface area (Å²) in [5, 5.41) is 0. The maximum atomic E-state index is 12.2. The van der Waals surface area contributed by atoms with Gasteiger partial charge in [-0.05, 0) is 0 Å². The summed E-state index contributed by atoms with van der Waals surface area (Å²) in [6, 6.07) is 0. The molecule has 0 aliphatic carbocycles. The molecule has 0 saturated carbocycles. The molecule has 0 heterocycles. The molecule has 2 nitrogen and oxygen atoms in total. The summed E-state index contributed by atoms with van der Waals surface area (Å²) >= 11 is 0.104. The van der Waals surface area contributed by atoms with Gasteiger partial charge in [-0.1, -0.05) is 0 Å². The van der Waals surface area contributed by atoms with Crippen molar-refractivity contribution in [3.63, 3.8) is 0 Å². The molecule has 0 radical (unpaired) electrons. The van der Waals surface area contributed by atoms with E-state index in [4.69, 9.17) is 4.74 Å². The van der Waals surface area contributed by atoms with E-state index >= 15 is 0 Å². The van der Waals surface area contributed by atoms with E-state index in [0.29, 0.717) is 6.61 Å². The minimum absolute atomic E-state index is 0.0366. The van der Waals surface area contributed by atoms with E-state index in [0.717, 1.165) is 12.8 Å². The predicted molar refractivity (Wildman–Crippen MR) is 94.2 cm³/mol. The topological polar surface area (TPSA) is 26.3 Å². The van der Waals surface area contributed by atoms with Gasteiger partial charge >= 0.3 is 137 Å². The first-order valence-corrected chi connectivity index (χ1v) is 18.0. The van der Waals surface area contributed by atoms with Crippen molar-refractivity contribution in [1.29, 1.82) is 0 Å². The van der Waals surface area contributed by atoms with Crippen LogP contribution in [0, 0.1) is 5.92 Å². The van der Waals surface area contributed by atoms with Gasteiger partial charge in [-0.3, -0.25) is 0 Å². The van der Waals surface area contributed by atoms with Gasteiger partial charge in [-0.15, -0.1) is 0 Å². The third-order valence-electron chi connectivity index (χ3n) is 3.11. The molecule has 0 fully saturated rings. The van der Waals surface area contributed by atoms with Gasteiger partial charge in [0.2, 0.25) is 0 Å². The summed E-state index contributed by atoms with van der Waals surface area (Å²) in [4.78, 5) is 19.3. The summed E-state index contributed by atoms with van der Waals surface area (Å²) in [6.07, 6.45) is 6.10. The Kier molecular flexibility index (Phi) is 9.66. The summed E-state index contributed by atoms with van der Waals surface area (Å²) in [6.45, 7) is 6.44. The van der Waals surface area contributed by atoms with Crippen molar-refractivity contribution in [2.24, 2.45) is 5.92 Å². The first-order chi connectivity index (χ1) is 8.77. The number of hydrogen-bond donors (Lipinski definition) is 0. The van der Waals surface area contributed by atoms with Crippen LogP contribution in [0.5, 0.6) is 0 Å². The number of esters is 1. The van der Waals surface area contributed by atoms with Crippen LogP contribution in [0.4, 0.5) is 0 Å². The second-order valence-electron chi connectivity index (χ2n) is 5.57. The molecule has 0 aliphatic rings. The van der Waals surface area contributed by atoms with Crippen molar-refractivity contribution in [2.45, 2.75) is 48.4 Å². The second kappa shape index (κ2) is 9.42. The Labute approximate surface area is 136 Å². The molecule has 1 unspecified atom stereocenters. The predicted octanol–water partition coefficient (Wildman–Crippen LogP) is 5.11. The van der Waals surface area contributed by atoms with Crippen LogP contribution in [0.3, 0.4) is 0 Å². The van der Waals surface area contributed by atoms with Gasteiger partial charge in [0.1, 0.15) is 0 Å². The van der Waals surface area contributed by atoms with Gasteiger partial charge in [-0.2, -0.15) is 0 Å². The number of carbonyl (C=O) groups excluding carboxylic acids is 1. The Morgan fingerprint density at radius 3 is 2.21 bits per heavy atom. The molecule has 0 aromatic rings. The number of halogens is 1. The van der Waals surface area contributed by atoms with Gasteiger partial charge in [0.05, 0.1) is 0 Å². The van der Waals surface area contributed by atoms with Crippen LogP contribution in [-0.4, -0.2) is 31.0 Å². The van der Waals surface area contributed by atoms with Crippen molar-refractivity contribution in [2.75, 3.05) is 6.61 Å². The van der Waals surface area contributed by atoms with Crippen LogP contribution < -0.4 is 0 Å². The van der Waals surface area contributed by atoms with Gasteiger partial charge < -0.3 is 0 Å². The Balaban J connectivity index is 5.11. The molecule has 1 atom stereocenters. The zero-order valence-electron chi connectivity index (χ0n) is 13.0. The molecule has 0 aromatic heterocycles. The van der Waals surface area contributed by atoms with E-state index in [1.54, 1.807) is 0 Å².